The zero-order valence-corrected chi connectivity index (χ0v) is 11.7. The third-order valence-electron chi connectivity index (χ3n) is 3.96. The molecule has 0 bridgehead atoms. The maximum Gasteiger partial charge on any atom is 0.194 e. The first-order valence-electron chi connectivity index (χ1n) is 7.01. The van der Waals surface area contributed by atoms with Gasteiger partial charge in [0.2, 0.25) is 0 Å². The van der Waals surface area contributed by atoms with Crippen molar-refractivity contribution in [2.75, 3.05) is 0 Å². The van der Waals surface area contributed by atoms with Crippen molar-refractivity contribution in [2.24, 2.45) is 0 Å². The number of ketones is 2. The summed E-state index contributed by atoms with van der Waals surface area (Å²) < 4.78 is 0. The first-order chi connectivity index (χ1) is 9.65. The molecule has 0 N–H and O–H groups in total. The zero-order valence-electron chi connectivity index (χ0n) is 11.7. The Morgan fingerprint density at radius 1 is 0.650 bits per heavy atom. The van der Waals surface area contributed by atoms with Crippen molar-refractivity contribution in [3.63, 3.8) is 0 Å². The lowest BCUT2D eigenvalue weighted by atomic mass is 9.82. The van der Waals surface area contributed by atoms with Crippen LogP contribution in [0.2, 0.25) is 0 Å². The zero-order chi connectivity index (χ0) is 14.3. The molecule has 0 aliphatic heterocycles. The second-order valence-corrected chi connectivity index (χ2v) is 5.13. The van der Waals surface area contributed by atoms with Crippen LogP contribution in [-0.4, -0.2) is 11.6 Å². The van der Waals surface area contributed by atoms with Crippen LogP contribution in [0.1, 0.15) is 56.8 Å². The second kappa shape index (κ2) is 4.71. The van der Waals surface area contributed by atoms with Gasteiger partial charge in [0.25, 0.3) is 0 Å². The molecule has 0 fully saturated rings. The van der Waals surface area contributed by atoms with E-state index in [4.69, 9.17) is 0 Å². The van der Waals surface area contributed by atoms with Gasteiger partial charge >= 0.3 is 0 Å². The van der Waals surface area contributed by atoms with Gasteiger partial charge in [0.05, 0.1) is 0 Å². The van der Waals surface area contributed by atoms with Gasteiger partial charge in [-0.1, -0.05) is 38.1 Å². The largest absolute Gasteiger partial charge is 0.289 e. The van der Waals surface area contributed by atoms with Crippen LogP contribution in [0, 0.1) is 0 Å². The third kappa shape index (κ3) is 1.80. The molecule has 0 radical (unpaired) electrons. The summed E-state index contributed by atoms with van der Waals surface area (Å²) in [4.78, 5) is 25.1. The second-order valence-electron chi connectivity index (χ2n) is 5.13. The van der Waals surface area contributed by atoms with Gasteiger partial charge in [-0.2, -0.15) is 0 Å². The molecule has 0 aromatic heterocycles. The molecule has 100 valence electrons. The topological polar surface area (TPSA) is 34.1 Å². The predicted octanol–water partition coefficient (Wildman–Crippen LogP) is 3.59. The molecule has 20 heavy (non-hydrogen) atoms. The lowest BCUT2D eigenvalue weighted by Gasteiger charge is -2.18. The van der Waals surface area contributed by atoms with Crippen molar-refractivity contribution in [2.45, 2.75) is 26.7 Å². The summed E-state index contributed by atoms with van der Waals surface area (Å²) in [6, 6.07) is 11.1. The Labute approximate surface area is 118 Å². The van der Waals surface area contributed by atoms with Crippen LogP contribution in [0.25, 0.3) is 0 Å². The first kappa shape index (κ1) is 12.8. The molecular weight excluding hydrogens is 248 g/mol. The van der Waals surface area contributed by atoms with Crippen molar-refractivity contribution < 1.29 is 9.59 Å². The maximum absolute atomic E-state index is 12.6. The number of fused-ring (bicyclic) bond motifs is 2. The fourth-order valence-electron chi connectivity index (χ4n) is 2.68. The predicted molar refractivity (Wildman–Crippen MR) is 78.5 cm³/mol. The number of carbonyl (C=O) groups excluding carboxylic acids is 2. The SMILES string of the molecule is CCc1ccc2c(c1)C(=O)c1cc(CC)ccc1C2=O. The minimum Gasteiger partial charge on any atom is -0.289 e. The summed E-state index contributed by atoms with van der Waals surface area (Å²) in [7, 11) is 0. The fourth-order valence-corrected chi connectivity index (χ4v) is 2.68. The molecular formula is C18H16O2. The van der Waals surface area contributed by atoms with Crippen LogP contribution in [0.4, 0.5) is 0 Å². The van der Waals surface area contributed by atoms with Crippen molar-refractivity contribution in [3.05, 3.63) is 69.8 Å². The smallest absolute Gasteiger partial charge is 0.194 e. The van der Waals surface area contributed by atoms with Crippen molar-refractivity contribution in [1.82, 2.24) is 0 Å². The average Bonchev–Trinajstić information content (AvgIpc) is 2.51. The van der Waals surface area contributed by atoms with Gasteiger partial charge in [-0.05, 0) is 36.1 Å². The van der Waals surface area contributed by atoms with Gasteiger partial charge in [-0.15, -0.1) is 0 Å². The number of rotatable bonds is 2. The quantitative estimate of drug-likeness (QED) is 0.709. The number of benzene rings is 2. The van der Waals surface area contributed by atoms with E-state index >= 15 is 0 Å². The monoisotopic (exact) mass is 264 g/mol. The van der Waals surface area contributed by atoms with E-state index in [1.807, 2.05) is 38.1 Å². The fraction of sp³-hybridized carbons (Fsp3) is 0.222. The van der Waals surface area contributed by atoms with Crippen LogP contribution in [-0.2, 0) is 12.8 Å². The Kier molecular flexibility index (Phi) is 3.01. The Morgan fingerprint density at radius 2 is 1.05 bits per heavy atom. The molecule has 0 atom stereocenters. The molecule has 2 heteroatoms. The summed E-state index contributed by atoms with van der Waals surface area (Å²) in [5.41, 5.74) is 4.33. The van der Waals surface area contributed by atoms with Crippen LogP contribution < -0.4 is 0 Å². The van der Waals surface area contributed by atoms with Crippen LogP contribution in [0.3, 0.4) is 0 Å². The number of hydrogen-bond donors (Lipinski definition) is 0. The van der Waals surface area contributed by atoms with Gasteiger partial charge < -0.3 is 0 Å². The van der Waals surface area contributed by atoms with E-state index < -0.39 is 0 Å². The molecule has 2 aromatic rings. The highest BCUT2D eigenvalue weighted by Crippen LogP contribution is 2.29. The molecule has 0 heterocycles. The molecule has 2 aromatic carbocycles. The van der Waals surface area contributed by atoms with E-state index in [-0.39, 0.29) is 11.6 Å². The van der Waals surface area contributed by atoms with E-state index in [0.29, 0.717) is 22.3 Å². The van der Waals surface area contributed by atoms with Crippen molar-refractivity contribution in [1.29, 1.82) is 0 Å². The molecule has 0 spiro atoms. The Morgan fingerprint density at radius 3 is 1.45 bits per heavy atom. The summed E-state index contributed by atoms with van der Waals surface area (Å²) >= 11 is 0. The standard InChI is InChI=1S/C18H16O2/c1-3-11-5-7-13-15(9-11)18(20)16-10-12(4-2)6-8-14(16)17(13)19/h5-10H,3-4H2,1-2H3. The van der Waals surface area contributed by atoms with Crippen LogP contribution in [0.5, 0.6) is 0 Å². The summed E-state index contributed by atoms with van der Waals surface area (Å²) in [5.74, 6) is -0.0693. The van der Waals surface area contributed by atoms with E-state index in [0.717, 1.165) is 24.0 Å². The van der Waals surface area contributed by atoms with Gasteiger partial charge in [0.1, 0.15) is 0 Å². The van der Waals surface area contributed by atoms with Gasteiger partial charge in [0.15, 0.2) is 11.6 Å². The maximum atomic E-state index is 12.6. The highest BCUT2D eigenvalue weighted by molar-refractivity contribution is 6.28. The van der Waals surface area contributed by atoms with E-state index in [1.54, 1.807) is 12.1 Å². The first-order valence-corrected chi connectivity index (χ1v) is 7.01. The summed E-state index contributed by atoms with van der Waals surface area (Å²) in [6.07, 6.45) is 1.72. The molecule has 1 aliphatic rings. The van der Waals surface area contributed by atoms with E-state index in [2.05, 4.69) is 0 Å². The third-order valence-corrected chi connectivity index (χ3v) is 3.96. The van der Waals surface area contributed by atoms with E-state index in [1.165, 1.54) is 0 Å². The molecule has 0 unspecified atom stereocenters. The number of carbonyl (C=O) groups is 2. The summed E-state index contributed by atoms with van der Waals surface area (Å²) in [5, 5.41) is 0. The molecule has 0 amide bonds. The molecule has 3 rings (SSSR count). The molecule has 0 saturated carbocycles. The number of hydrogen-bond acceptors (Lipinski definition) is 2. The van der Waals surface area contributed by atoms with Crippen LogP contribution >= 0.6 is 0 Å². The lowest BCUT2D eigenvalue weighted by molar-refractivity contribution is 0.0979. The minimum atomic E-state index is -0.0418. The minimum absolute atomic E-state index is 0.0276. The number of aryl methyl sites for hydroxylation is 2. The molecule has 1 aliphatic carbocycles. The van der Waals surface area contributed by atoms with Crippen molar-refractivity contribution in [3.8, 4) is 0 Å². The Bertz CT molecular complexity index is 667. The Hall–Kier alpha value is -2.22. The average molecular weight is 264 g/mol. The normalized spacial score (nSPS) is 13.1. The molecule has 0 saturated heterocycles. The highest BCUT2D eigenvalue weighted by Gasteiger charge is 2.29. The summed E-state index contributed by atoms with van der Waals surface area (Å²) in [6.45, 7) is 4.08. The van der Waals surface area contributed by atoms with Gasteiger partial charge in [-0.3, -0.25) is 9.59 Å². The Balaban J connectivity index is 2.22. The van der Waals surface area contributed by atoms with Crippen molar-refractivity contribution >= 4 is 11.6 Å². The lowest BCUT2D eigenvalue weighted by Crippen LogP contribution is -2.21. The highest BCUT2D eigenvalue weighted by atomic mass is 16.1. The van der Waals surface area contributed by atoms with Gasteiger partial charge in [0, 0.05) is 22.3 Å². The van der Waals surface area contributed by atoms with Crippen LogP contribution in [0.15, 0.2) is 36.4 Å². The van der Waals surface area contributed by atoms with Gasteiger partial charge in [-0.25, -0.2) is 0 Å². The van der Waals surface area contributed by atoms with E-state index in [9.17, 15) is 9.59 Å². The molecule has 2 nitrogen and oxygen atoms in total.